The highest BCUT2D eigenvalue weighted by molar-refractivity contribution is 5.89. The van der Waals surface area contributed by atoms with Crippen molar-refractivity contribution >= 4 is 5.97 Å². The summed E-state index contributed by atoms with van der Waals surface area (Å²) in [6.45, 7) is 3.53. The van der Waals surface area contributed by atoms with Crippen molar-refractivity contribution in [2.45, 2.75) is 20.0 Å². The van der Waals surface area contributed by atoms with Crippen molar-refractivity contribution in [3.05, 3.63) is 29.8 Å². The van der Waals surface area contributed by atoms with Crippen molar-refractivity contribution < 1.29 is 18.7 Å². The molecule has 0 fully saturated rings. The first kappa shape index (κ1) is 12.5. The van der Waals surface area contributed by atoms with Gasteiger partial charge in [0.05, 0.1) is 12.2 Å². The lowest BCUT2D eigenvalue weighted by Gasteiger charge is -2.07. The van der Waals surface area contributed by atoms with Crippen LogP contribution in [-0.2, 0) is 4.74 Å². The first-order valence-corrected chi connectivity index (χ1v) is 5.17. The minimum Gasteiger partial charge on any atom is -0.491 e. The van der Waals surface area contributed by atoms with Gasteiger partial charge in [-0.3, -0.25) is 0 Å². The molecule has 4 heteroatoms. The Labute approximate surface area is 94.2 Å². The van der Waals surface area contributed by atoms with E-state index < -0.39 is 6.17 Å². The molecule has 1 aromatic rings. The quantitative estimate of drug-likeness (QED) is 0.724. The summed E-state index contributed by atoms with van der Waals surface area (Å²) >= 11 is 0. The van der Waals surface area contributed by atoms with Crippen LogP contribution in [0.15, 0.2) is 24.3 Å². The molecule has 1 atom stereocenters. The van der Waals surface area contributed by atoms with E-state index in [1.807, 2.05) is 0 Å². The van der Waals surface area contributed by atoms with Crippen molar-refractivity contribution in [3.8, 4) is 5.75 Å². The maximum atomic E-state index is 12.5. The maximum absolute atomic E-state index is 12.5. The summed E-state index contributed by atoms with van der Waals surface area (Å²) in [7, 11) is 0. The van der Waals surface area contributed by atoms with Gasteiger partial charge in [-0.2, -0.15) is 0 Å². The molecule has 88 valence electrons. The van der Waals surface area contributed by atoms with Crippen molar-refractivity contribution in [1.29, 1.82) is 0 Å². The van der Waals surface area contributed by atoms with Crippen molar-refractivity contribution in [3.63, 3.8) is 0 Å². The Hall–Kier alpha value is -1.58. The van der Waals surface area contributed by atoms with E-state index >= 15 is 0 Å². The second kappa shape index (κ2) is 6.10. The predicted molar refractivity (Wildman–Crippen MR) is 58.5 cm³/mol. The third kappa shape index (κ3) is 3.88. The van der Waals surface area contributed by atoms with Crippen molar-refractivity contribution in [1.82, 2.24) is 0 Å². The van der Waals surface area contributed by atoms with Crippen LogP contribution in [0.3, 0.4) is 0 Å². The number of halogens is 1. The first-order valence-electron chi connectivity index (χ1n) is 5.17. The third-order valence-corrected chi connectivity index (χ3v) is 1.85. The van der Waals surface area contributed by atoms with Gasteiger partial charge in [0.2, 0.25) is 0 Å². The van der Waals surface area contributed by atoms with Crippen molar-refractivity contribution in [2.24, 2.45) is 0 Å². The monoisotopic (exact) mass is 226 g/mol. The minimum atomic E-state index is -1.01. The van der Waals surface area contributed by atoms with Gasteiger partial charge in [-0.25, -0.2) is 9.18 Å². The molecule has 0 bridgehead atoms. The van der Waals surface area contributed by atoms with Gasteiger partial charge >= 0.3 is 5.97 Å². The van der Waals surface area contributed by atoms with Gasteiger partial charge < -0.3 is 9.47 Å². The molecule has 0 spiro atoms. The molecular weight excluding hydrogens is 211 g/mol. The predicted octanol–water partition coefficient (Wildman–Crippen LogP) is 2.60. The summed E-state index contributed by atoms with van der Waals surface area (Å²) in [4.78, 5) is 11.3. The number of benzene rings is 1. The van der Waals surface area contributed by atoms with Crippen LogP contribution >= 0.6 is 0 Å². The highest BCUT2D eigenvalue weighted by atomic mass is 19.1. The maximum Gasteiger partial charge on any atom is 0.338 e. The van der Waals surface area contributed by atoms with Gasteiger partial charge in [0.15, 0.2) is 0 Å². The Morgan fingerprint density at radius 1 is 1.38 bits per heavy atom. The average Bonchev–Trinajstić information content (AvgIpc) is 2.27. The smallest absolute Gasteiger partial charge is 0.338 e. The molecule has 16 heavy (non-hydrogen) atoms. The van der Waals surface area contributed by atoms with Crippen LogP contribution < -0.4 is 4.74 Å². The van der Waals surface area contributed by atoms with E-state index in [-0.39, 0.29) is 12.6 Å². The van der Waals surface area contributed by atoms with Gasteiger partial charge in [0.1, 0.15) is 18.5 Å². The number of hydrogen-bond donors (Lipinski definition) is 0. The summed E-state index contributed by atoms with van der Waals surface area (Å²) in [6, 6.07) is 6.43. The number of rotatable bonds is 5. The molecule has 0 aliphatic heterocycles. The SMILES string of the molecule is CCOC(=O)c1ccc(OCC(C)F)cc1. The van der Waals surface area contributed by atoms with E-state index in [1.54, 1.807) is 31.2 Å². The number of alkyl halides is 1. The van der Waals surface area contributed by atoms with Crippen LogP contribution in [0.1, 0.15) is 24.2 Å². The summed E-state index contributed by atoms with van der Waals surface area (Å²) in [6.07, 6.45) is -1.01. The third-order valence-electron chi connectivity index (χ3n) is 1.85. The Morgan fingerprint density at radius 2 is 2.00 bits per heavy atom. The van der Waals surface area contributed by atoms with Crippen molar-refractivity contribution in [2.75, 3.05) is 13.2 Å². The lowest BCUT2D eigenvalue weighted by molar-refractivity contribution is 0.0526. The summed E-state index contributed by atoms with van der Waals surface area (Å²) in [5.41, 5.74) is 0.461. The topological polar surface area (TPSA) is 35.5 Å². The van der Waals surface area contributed by atoms with Crippen LogP contribution in [0.4, 0.5) is 4.39 Å². The molecule has 0 saturated carbocycles. The van der Waals surface area contributed by atoms with Gasteiger partial charge in [-0.1, -0.05) is 0 Å². The van der Waals surface area contributed by atoms with Gasteiger partial charge in [0, 0.05) is 0 Å². The van der Waals surface area contributed by atoms with E-state index in [4.69, 9.17) is 9.47 Å². The molecule has 0 aliphatic carbocycles. The fraction of sp³-hybridized carbons (Fsp3) is 0.417. The zero-order valence-corrected chi connectivity index (χ0v) is 9.40. The fourth-order valence-electron chi connectivity index (χ4n) is 1.11. The van der Waals surface area contributed by atoms with E-state index in [2.05, 4.69) is 0 Å². The molecule has 3 nitrogen and oxygen atoms in total. The lowest BCUT2D eigenvalue weighted by Crippen LogP contribution is -2.08. The molecule has 0 radical (unpaired) electrons. The number of esters is 1. The van der Waals surface area contributed by atoms with Crippen LogP contribution in [0.25, 0.3) is 0 Å². The highest BCUT2D eigenvalue weighted by Gasteiger charge is 2.06. The van der Waals surface area contributed by atoms with Gasteiger partial charge in [-0.05, 0) is 38.1 Å². The zero-order chi connectivity index (χ0) is 12.0. The van der Waals surface area contributed by atoms with E-state index in [0.717, 1.165) is 0 Å². The average molecular weight is 226 g/mol. The Morgan fingerprint density at radius 3 is 2.50 bits per heavy atom. The van der Waals surface area contributed by atoms with E-state index in [1.165, 1.54) is 6.92 Å². The number of carbonyl (C=O) groups is 1. The zero-order valence-electron chi connectivity index (χ0n) is 9.40. The second-order valence-corrected chi connectivity index (χ2v) is 3.34. The van der Waals surface area contributed by atoms with Crippen LogP contribution in [-0.4, -0.2) is 25.4 Å². The molecule has 0 amide bonds. The molecule has 1 rings (SSSR count). The molecule has 0 aliphatic rings. The summed E-state index contributed by atoms with van der Waals surface area (Å²) in [5, 5.41) is 0. The Balaban J connectivity index is 2.57. The molecule has 0 aromatic heterocycles. The normalized spacial score (nSPS) is 11.9. The number of ether oxygens (including phenoxy) is 2. The van der Waals surface area contributed by atoms with Gasteiger partial charge in [0.25, 0.3) is 0 Å². The van der Waals surface area contributed by atoms with Crippen LogP contribution in [0.5, 0.6) is 5.75 Å². The lowest BCUT2D eigenvalue weighted by atomic mass is 10.2. The minimum absolute atomic E-state index is 0.0127. The van der Waals surface area contributed by atoms with E-state index in [0.29, 0.717) is 17.9 Å². The summed E-state index contributed by atoms with van der Waals surface area (Å²) in [5.74, 6) is 0.172. The second-order valence-electron chi connectivity index (χ2n) is 3.34. The highest BCUT2D eigenvalue weighted by Crippen LogP contribution is 2.13. The van der Waals surface area contributed by atoms with Crippen LogP contribution in [0, 0.1) is 0 Å². The Kier molecular flexibility index (Phi) is 4.76. The summed E-state index contributed by atoms with van der Waals surface area (Å²) < 4.78 is 22.5. The standard InChI is InChI=1S/C12H15FO3/c1-3-15-12(14)10-4-6-11(7-5-10)16-8-9(2)13/h4-7,9H,3,8H2,1-2H3. The number of carbonyl (C=O) groups excluding carboxylic acids is 1. The Bertz CT molecular complexity index is 333. The fourth-order valence-corrected chi connectivity index (χ4v) is 1.11. The van der Waals surface area contributed by atoms with Gasteiger partial charge in [-0.15, -0.1) is 0 Å². The molecule has 0 heterocycles. The molecule has 0 saturated heterocycles. The van der Waals surface area contributed by atoms with Crippen LogP contribution in [0.2, 0.25) is 0 Å². The van der Waals surface area contributed by atoms with E-state index in [9.17, 15) is 9.18 Å². The first-order chi connectivity index (χ1) is 7.63. The molecule has 1 unspecified atom stereocenters. The molecular formula is C12H15FO3. The molecule has 1 aromatic carbocycles. The molecule has 0 N–H and O–H groups in total. The number of hydrogen-bond acceptors (Lipinski definition) is 3. The largest absolute Gasteiger partial charge is 0.491 e.